The van der Waals surface area contributed by atoms with Gasteiger partial charge in [-0.2, -0.15) is 0 Å². The first-order valence-corrected chi connectivity index (χ1v) is 12.0. The fourth-order valence-corrected chi connectivity index (χ4v) is 4.57. The number of amides is 1. The van der Waals surface area contributed by atoms with E-state index in [-0.39, 0.29) is 10.8 Å². The van der Waals surface area contributed by atoms with Gasteiger partial charge in [-0.05, 0) is 54.4 Å². The van der Waals surface area contributed by atoms with Gasteiger partial charge in [0.25, 0.3) is 5.91 Å². The molecular weight excluding hydrogens is 436 g/mol. The molecule has 0 aliphatic rings. The lowest BCUT2D eigenvalue weighted by atomic mass is 10.1. The number of hydrogen-bond donors (Lipinski definition) is 1. The van der Waals surface area contributed by atoms with Crippen molar-refractivity contribution in [1.82, 2.24) is 19.2 Å². The van der Waals surface area contributed by atoms with Gasteiger partial charge in [0, 0.05) is 50.5 Å². The Morgan fingerprint density at radius 2 is 1.67 bits per heavy atom. The largest absolute Gasteiger partial charge is 0.347 e. The molecule has 4 aromatic rings. The summed E-state index contributed by atoms with van der Waals surface area (Å²) in [4.78, 5) is 17.4. The average molecular weight is 463 g/mol. The summed E-state index contributed by atoms with van der Waals surface area (Å²) in [6.07, 6.45) is 3.42. The lowest BCUT2D eigenvalue weighted by Gasteiger charge is -2.13. The number of aryl methyl sites for hydroxylation is 1. The monoisotopic (exact) mass is 462 g/mol. The molecule has 0 atom stereocenters. The van der Waals surface area contributed by atoms with E-state index in [1.165, 1.54) is 18.4 Å². The molecular formula is C25H26N4O3S. The Bertz CT molecular complexity index is 1390. The van der Waals surface area contributed by atoms with Gasteiger partial charge in [0.1, 0.15) is 5.69 Å². The molecule has 2 heterocycles. The number of rotatable bonds is 7. The van der Waals surface area contributed by atoms with Crippen molar-refractivity contribution in [2.24, 2.45) is 0 Å². The smallest absolute Gasteiger partial charge is 0.268 e. The van der Waals surface area contributed by atoms with Crippen LogP contribution in [0.5, 0.6) is 0 Å². The van der Waals surface area contributed by atoms with E-state index in [1.54, 1.807) is 36.7 Å². The van der Waals surface area contributed by atoms with Crippen LogP contribution < -0.4 is 5.32 Å². The summed E-state index contributed by atoms with van der Waals surface area (Å²) in [5.41, 5.74) is 4.40. The van der Waals surface area contributed by atoms with Crippen molar-refractivity contribution in [3.05, 3.63) is 95.4 Å². The van der Waals surface area contributed by atoms with Gasteiger partial charge in [-0.15, -0.1) is 0 Å². The van der Waals surface area contributed by atoms with Crippen LogP contribution in [0.25, 0.3) is 10.9 Å². The Morgan fingerprint density at radius 3 is 2.33 bits per heavy atom. The van der Waals surface area contributed by atoms with Crippen molar-refractivity contribution in [2.75, 3.05) is 14.1 Å². The van der Waals surface area contributed by atoms with Crippen molar-refractivity contribution >= 4 is 26.8 Å². The van der Waals surface area contributed by atoms with Crippen LogP contribution in [0.4, 0.5) is 0 Å². The maximum atomic E-state index is 13.2. The van der Waals surface area contributed by atoms with Gasteiger partial charge >= 0.3 is 0 Å². The molecule has 0 unspecified atom stereocenters. The van der Waals surface area contributed by atoms with E-state index < -0.39 is 10.0 Å². The number of nitrogens with zero attached hydrogens (tertiary/aromatic N) is 3. The molecule has 0 aliphatic heterocycles. The standard InChI is InChI=1S/C25H26N4O3S/c1-18-4-6-19(7-5-18)16-27-25(30)24-15-21-14-22(33(31,32)28(2)3)8-9-23(21)29(24)17-20-10-12-26-13-11-20/h4-15H,16-17H2,1-3H3,(H,27,30). The third-order valence-corrected chi connectivity index (χ3v) is 7.36. The second-order valence-electron chi connectivity index (χ2n) is 8.15. The molecule has 0 bridgehead atoms. The minimum absolute atomic E-state index is 0.188. The van der Waals surface area contributed by atoms with Gasteiger partial charge < -0.3 is 9.88 Å². The van der Waals surface area contributed by atoms with Gasteiger partial charge in [0.05, 0.1) is 4.90 Å². The van der Waals surface area contributed by atoms with E-state index in [4.69, 9.17) is 0 Å². The average Bonchev–Trinajstić information content (AvgIpc) is 3.16. The third kappa shape index (κ3) is 4.81. The Labute approximate surface area is 193 Å². The SMILES string of the molecule is Cc1ccc(CNC(=O)c2cc3cc(S(=O)(=O)N(C)C)ccc3n2Cc2ccncc2)cc1. The maximum absolute atomic E-state index is 13.2. The molecule has 0 saturated carbocycles. The minimum atomic E-state index is -3.59. The van der Waals surface area contributed by atoms with E-state index in [1.807, 2.05) is 47.9 Å². The van der Waals surface area contributed by atoms with Gasteiger partial charge in [-0.3, -0.25) is 9.78 Å². The molecule has 170 valence electrons. The van der Waals surface area contributed by atoms with Crippen LogP contribution in [-0.2, 0) is 23.1 Å². The molecule has 0 fully saturated rings. The van der Waals surface area contributed by atoms with Crippen LogP contribution in [0.15, 0.2) is 78.0 Å². The highest BCUT2D eigenvalue weighted by Crippen LogP contribution is 2.26. The van der Waals surface area contributed by atoms with Gasteiger partial charge in [-0.25, -0.2) is 12.7 Å². The fraction of sp³-hybridized carbons (Fsp3) is 0.200. The summed E-state index contributed by atoms with van der Waals surface area (Å²) in [6, 6.07) is 18.5. The number of carbonyl (C=O) groups is 1. The molecule has 0 aliphatic carbocycles. The van der Waals surface area contributed by atoms with Crippen LogP contribution in [0, 0.1) is 6.92 Å². The zero-order valence-corrected chi connectivity index (χ0v) is 19.6. The maximum Gasteiger partial charge on any atom is 0.268 e. The Morgan fingerprint density at radius 1 is 0.970 bits per heavy atom. The van der Waals surface area contributed by atoms with Gasteiger partial charge in [-0.1, -0.05) is 29.8 Å². The molecule has 4 rings (SSSR count). The van der Waals surface area contributed by atoms with Crippen LogP contribution in [-0.4, -0.2) is 42.3 Å². The molecule has 0 spiro atoms. The van der Waals surface area contributed by atoms with E-state index in [0.717, 1.165) is 22.2 Å². The van der Waals surface area contributed by atoms with E-state index in [2.05, 4.69) is 10.3 Å². The second kappa shape index (κ2) is 9.17. The number of hydrogen-bond acceptors (Lipinski definition) is 4. The lowest BCUT2D eigenvalue weighted by Crippen LogP contribution is -2.25. The highest BCUT2D eigenvalue weighted by molar-refractivity contribution is 7.89. The summed E-state index contributed by atoms with van der Waals surface area (Å²) in [7, 11) is -0.589. The molecule has 2 aromatic heterocycles. The number of aromatic nitrogens is 2. The highest BCUT2D eigenvalue weighted by atomic mass is 32.2. The van der Waals surface area contributed by atoms with Crippen molar-refractivity contribution in [3.63, 3.8) is 0 Å². The van der Waals surface area contributed by atoms with Crippen molar-refractivity contribution < 1.29 is 13.2 Å². The van der Waals surface area contributed by atoms with Gasteiger partial charge in [0.2, 0.25) is 10.0 Å². The Balaban J connectivity index is 1.73. The number of benzene rings is 2. The highest BCUT2D eigenvalue weighted by Gasteiger charge is 2.21. The lowest BCUT2D eigenvalue weighted by molar-refractivity contribution is 0.0942. The Hall–Kier alpha value is -3.49. The number of fused-ring (bicyclic) bond motifs is 1. The summed E-state index contributed by atoms with van der Waals surface area (Å²) >= 11 is 0. The fourth-order valence-electron chi connectivity index (χ4n) is 3.63. The number of carbonyl (C=O) groups excluding carboxylic acids is 1. The van der Waals surface area contributed by atoms with E-state index in [0.29, 0.717) is 24.2 Å². The van der Waals surface area contributed by atoms with Crippen LogP contribution in [0.1, 0.15) is 27.2 Å². The van der Waals surface area contributed by atoms with Crippen molar-refractivity contribution in [3.8, 4) is 0 Å². The quantitative estimate of drug-likeness (QED) is 0.455. The third-order valence-electron chi connectivity index (χ3n) is 5.55. The molecule has 8 heteroatoms. The molecule has 0 radical (unpaired) electrons. The predicted octanol–water partition coefficient (Wildman–Crippen LogP) is 3.57. The molecule has 33 heavy (non-hydrogen) atoms. The molecule has 1 amide bonds. The molecule has 2 aromatic carbocycles. The first kappa shape index (κ1) is 22.7. The zero-order valence-electron chi connectivity index (χ0n) is 18.8. The van der Waals surface area contributed by atoms with Gasteiger partial charge in [0.15, 0.2) is 0 Å². The number of nitrogens with one attached hydrogen (secondary N) is 1. The van der Waals surface area contributed by atoms with Crippen LogP contribution in [0.2, 0.25) is 0 Å². The molecule has 1 N–H and O–H groups in total. The number of pyridine rings is 1. The zero-order chi connectivity index (χ0) is 23.6. The summed E-state index contributed by atoms with van der Waals surface area (Å²) in [5, 5.41) is 3.67. The van der Waals surface area contributed by atoms with Crippen molar-refractivity contribution in [1.29, 1.82) is 0 Å². The minimum Gasteiger partial charge on any atom is -0.347 e. The molecule has 0 saturated heterocycles. The number of sulfonamides is 1. The summed E-state index contributed by atoms with van der Waals surface area (Å²) in [5.74, 6) is -0.224. The first-order chi connectivity index (χ1) is 15.8. The Kier molecular flexibility index (Phi) is 6.31. The van der Waals surface area contributed by atoms with Crippen molar-refractivity contribution in [2.45, 2.75) is 24.9 Å². The predicted molar refractivity (Wildman–Crippen MR) is 128 cm³/mol. The molecule has 7 nitrogen and oxygen atoms in total. The van der Waals surface area contributed by atoms with Crippen LogP contribution in [0.3, 0.4) is 0 Å². The topological polar surface area (TPSA) is 84.3 Å². The first-order valence-electron chi connectivity index (χ1n) is 10.5. The summed E-state index contributed by atoms with van der Waals surface area (Å²) in [6.45, 7) is 2.87. The van der Waals surface area contributed by atoms with E-state index in [9.17, 15) is 13.2 Å². The van der Waals surface area contributed by atoms with Crippen LogP contribution >= 0.6 is 0 Å². The second-order valence-corrected chi connectivity index (χ2v) is 10.3. The van der Waals surface area contributed by atoms with E-state index >= 15 is 0 Å². The normalized spacial score (nSPS) is 11.8. The summed E-state index contributed by atoms with van der Waals surface area (Å²) < 4.78 is 28.3.